The summed E-state index contributed by atoms with van der Waals surface area (Å²) in [5.74, 6) is 0.0454. The molecule has 1 aromatic carbocycles. The van der Waals surface area contributed by atoms with Gasteiger partial charge in [0.15, 0.2) is 0 Å². The van der Waals surface area contributed by atoms with E-state index in [0.29, 0.717) is 5.56 Å². The van der Waals surface area contributed by atoms with Crippen LogP contribution in [0.5, 0.6) is 5.75 Å². The lowest BCUT2D eigenvalue weighted by Crippen LogP contribution is -2.55. The average Bonchev–Trinajstić information content (AvgIpc) is 2.54. The predicted molar refractivity (Wildman–Crippen MR) is 80.6 cm³/mol. The monoisotopic (exact) mass is 323 g/mol. The van der Waals surface area contributed by atoms with Crippen molar-refractivity contribution in [1.82, 2.24) is 13.7 Å². The molecule has 0 radical (unpaired) electrons. The Kier molecular flexibility index (Phi) is 5.14. The van der Waals surface area contributed by atoms with Crippen LogP contribution in [0.4, 0.5) is 0 Å². The van der Waals surface area contributed by atoms with Gasteiger partial charge in [-0.3, -0.25) is 0 Å². The summed E-state index contributed by atoms with van der Waals surface area (Å²) in [7, 11) is 0. The molecule has 1 aromatic heterocycles. The summed E-state index contributed by atoms with van der Waals surface area (Å²) in [6, 6.07) is 5.91. The third-order valence-corrected chi connectivity index (χ3v) is 3.31. The minimum absolute atomic E-state index is 0.0454. The van der Waals surface area contributed by atoms with Crippen molar-refractivity contribution in [3.05, 3.63) is 61.3 Å². The summed E-state index contributed by atoms with van der Waals surface area (Å²) in [5.41, 5.74) is -1.97. The minimum Gasteiger partial charge on any atom is -0.508 e. The topological polar surface area (TPSA) is 127 Å². The largest absolute Gasteiger partial charge is 0.508 e. The van der Waals surface area contributed by atoms with Gasteiger partial charge >= 0.3 is 17.1 Å². The fraction of sp³-hybridized carbons (Fsp3) is 0.357. The van der Waals surface area contributed by atoms with Gasteiger partial charge in [0, 0.05) is 0 Å². The molecule has 1 heterocycles. The first-order valence-electron chi connectivity index (χ1n) is 6.93. The molecule has 9 heteroatoms. The van der Waals surface area contributed by atoms with Crippen LogP contribution in [0.1, 0.15) is 5.56 Å². The molecule has 0 saturated carbocycles. The van der Waals surface area contributed by atoms with E-state index in [1.54, 1.807) is 12.1 Å². The molecule has 0 amide bonds. The molecule has 0 saturated heterocycles. The lowest BCUT2D eigenvalue weighted by molar-refractivity contribution is 0.251. The van der Waals surface area contributed by atoms with Crippen LogP contribution in [0.25, 0.3) is 0 Å². The molecular formula is C14H17N3O6. The van der Waals surface area contributed by atoms with Crippen molar-refractivity contribution in [2.24, 2.45) is 0 Å². The normalized spacial score (nSPS) is 10.9. The number of aromatic nitrogens is 3. The average molecular weight is 323 g/mol. The van der Waals surface area contributed by atoms with Crippen LogP contribution in [0.3, 0.4) is 0 Å². The first-order chi connectivity index (χ1) is 11.0. The second-order valence-corrected chi connectivity index (χ2v) is 4.85. The highest BCUT2D eigenvalue weighted by molar-refractivity contribution is 5.25. The molecule has 124 valence electrons. The van der Waals surface area contributed by atoms with Crippen molar-refractivity contribution in [2.75, 3.05) is 13.2 Å². The van der Waals surface area contributed by atoms with Gasteiger partial charge in [-0.05, 0) is 17.7 Å². The number of aliphatic hydroxyl groups excluding tert-OH is 2. The van der Waals surface area contributed by atoms with E-state index >= 15 is 0 Å². The molecule has 23 heavy (non-hydrogen) atoms. The van der Waals surface area contributed by atoms with Gasteiger partial charge in [0.05, 0.1) is 32.8 Å². The highest BCUT2D eigenvalue weighted by atomic mass is 16.3. The zero-order valence-electron chi connectivity index (χ0n) is 12.3. The molecule has 9 nitrogen and oxygen atoms in total. The van der Waals surface area contributed by atoms with Gasteiger partial charge in [-0.2, -0.15) is 0 Å². The lowest BCUT2D eigenvalue weighted by atomic mass is 10.2. The van der Waals surface area contributed by atoms with Gasteiger partial charge in [-0.1, -0.05) is 12.1 Å². The maximum absolute atomic E-state index is 12.3. The van der Waals surface area contributed by atoms with Crippen LogP contribution < -0.4 is 17.1 Å². The fourth-order valence-electron chi connectivity index (χ4n) is 2.18. The fourth-order valence-corrected chi connectivity index (χ4v) is 2.18. The number of phenols is 1. The zero-order chi connectivity index (χ0) is 17.0. The van der Waals surface area contributed by atoms with Crippen LogP contribution in [0, 0.1) is 0 Å². The highest BCUT2D eigenvalue weighted by Gasteiger charge is 2.15. The summed E-state index contributed by atoms with van der Waals surface area (Å²) in [4.78, 5) is 36.7. The molecule has 2 rings (SSSR count). The van der Waals surface area contributed by atoms with Gasteiger partial charge in [-0.25, -0.2) is 28.1 Å². The molecule has 3 N–H and O–H groups in total. The number of nitrogens with zero attached hydrogens (tertiary/aromatic N) is 3. The second kappa shape index (κ2) is 7.07. The Bertz CT molecular complexity index is 803. The molecule has 0 fully saturated rings. The molecule has 0 aliphatic heterocycles. The summed E-state index contributed by atoms with van der Waals surface area (Å²) in [6.45, 7) is -1.48. The Hall–Kier alpha value is -2.65. The van der Waals surface area contributed by atoms with E-state index in [4.69, 9.17) is 10.2 Å². The van der Waals surface area contributed by atoms with Crippen molar-refractivity contribution in [2.45, 2.75) is 19.6 Å². The number of aromatic hydroxyl groups is 1. The molecule has 0 aliphatic carbocycles. The Balaban J connectivity index is 2.61. The number of phenolic OH excluding ortho intramolecular Hbond substituents is 1. The van der Waals surface area contributed by atoms with Crippen LogP contribution in [-0.2, 0) is 19.6 Å². The zero-order valence-corrected chi connectivity index (χ0v) is 12.3. The van der Waals surface area contributed by atoms with Crippen LogP contribution in [0.15, 0.2) is 38.6 Å². The van der Waals surface area contributed by atoms with Crippen LogP contribution in [-0.4, -0.2) is 42.2 Å². The molecule has 0 aliphatic rings. The third kappa shape index (κ3) is 3.41. The number of benzene rings is 1. The Morgan fingerprint density at radius 3 is 1.61 bits per heavy atom. The molecule has 0 bridgehead atoms. The number of hydrogen-bond acceptors (Lipinski definition) is 6. The minimum atomic E-state index is -0.870. The highest BCUT2D eigenvalue weighted by Crippen LogP contribution is 2.09. The third-order valence-electron chi connectivity index (χ3n) is 3.31. The van der Waals surface area contributed by atoms with E-state index in [1.807, 2.05) is 0 Å². The summed E-state index contributed by atoms with van der Waals surface area (Å²) < 4.78 is 2.34. The predicted octanol–water partition coefficient (Wildman–Crippen LogP) is -2.09. The first kappa shape index (κ1) is 16.7. The van der Waals surface area contributed by atoms with Gasteiger partial charge in [0.2, 0.25) is 0 Å². The van der Waals surface area contributed by atoms with Gasteiger partial charge in [0.1, 0.15) is 5.75 Å². The SMILES string of the molecule is O=c1n(CCO)c(=O)n(Cc2ccc(O)cc2)c(=O)n1CCO. The Labute approximate surface area is 129 Å². The Morgan fingerprint density at radius 1 is 0.739 bits per heavy atom. The Morgan fingerprint density at radius 2 is 1.17 bits per heavy atom. The molecule has 2 aromatic rings. The maximum Gasteiger partial charge on any atom is 0.336 e. The molecule has 0 spiro atoms. The number of hydrogen-bond donors (Lipinski definition) is 3. The van der Waals surface area contributed by atoms with Gasteiger partial charge < -0.3 is 15.3 Å². The van der Waals surface area contributed by atoms with Gasteiger partial charge in [0.25, 0.3) is 0 Å². The van der Waals surface area contributed by atoms with Gasteiger partial charge in [-0.15, -0.1) is 0 Å². The van der Waals surface area contributed by atoms with E-state index in [0.717, 1.165) is 13.7 Å². The second-order valence-electron chi connectivity index (χ2n) is 4.85. The van der Waals surface area contributed by atoms with E-state index in [2.05, 4.69) is 0 Å². The van der Waals surface area contributed by atoms with Crippen molar-refractivity contribution in [1.29, 1.82) is 0 Å². The summed E-state index contributed by atoms with van der Waals surface area (Å²) >= 11 is 0. The summed E-state index contributed by atoms with van der Waals surface area (Å²) in [5, 5.41) is 27.3. The van der Waals surface area contributed by atoms with Crippen molar-refractivity contribution < 1.29 is 15.3 Å². The van der Waals surface area contributed by atoms with Crippen molar-refractivity contribution >= 4 is 0 Å². The summed E-state index contributed by atoms with van der Waals surface area (Å²) in [6.07, 6.45) is 0. The van der Waals surface area contributed by atoms with Crippen molar-refractivity contribution in [3.63, 3.8) is 0 Å². The van der Waals surface area contributed by atoms with Crippen LogP contribution >= 0.6 is 0 Å². The van der Waals surface area contributed by atoms with E-state index in [-0.39, 0.29) is 25.4 Å². The first-order valence-corrected chi connectivity index (χ1v) is 6.93. The molecule has 0 unspecified atom stereocenters. The molecule has 0 atom stereocenters. The van der Waals surface area contributed by atoms with E-state index < -0.39 is 30.3 Å². The quantitative estimate of drug-likeness (QED) is 0.559. The van der Waals surface area contributed by atoms with Crippen LogP contribution in [0.2, 0.25) is 0 Å². The van der Waals surface area contributed by atoms with Crippen molar-refractivity contribution in [3.8, 4) is 5.75 Å². The maximum atomic E-state index is 12.3. The van der Waals surface area contributed by atoms with E-state index in [9.17, 15) is 19.5 Å². The molecular weight excluding hydrogens is 306 g/mol. The standard InChI is InChI=1S/C14H17N3O6/c18-7-5-15-12(21)16(6-8-19)14(23)17(13(15)22)9-10-1-3-11(20)4-2-10/h1-4,18-20H,5-9H2. The number of aliphatic hydroxyl groups is 2. The smallest absolute Gasteiger partial charge is 0.336 e. The van der Waals surface area contributed by atoms with E-state index in [1.165, 1.54) is 12.1 Å². The number of rotatable bonds is 6. The lowest BCUT2D eigenvalue weighted by Gasteiger charge is -2.13.